The Kier molecular flexibility index (Phi) is 5.05. The number of ether oxygens (including phenoxy) is 1. The van der Waals surface area contributed by atoms with Crippen LogP contribution in [-0.2, 0) is 10.2 Å². The molecule has 0 fully saturated rings. The summed E-state index contributed by atoms with van der Waals surface area (Å²) >= 11 is 6.26. The highest BCUT2D eigenvalue weighted by atomic mass is 35.5. The molecule has 112 valence electrons. The van der Waals surface area contributed by atoms with Crippen molar-refractivity contribution in [1.82, 2.24) is 0 Å². The van der Waals surface area contributed by atoms with Gasteiger partial charge in [0.25, 0.3) is 0 Å². The zero-order valence-electron chi connectivity index (χ0n) is 12.7. The minimum atomic E-state index is -0.532. The van der Waals surface area contributed by atoms with Gasteiger partial charge in [0.1, 0.15) is 5.60 Å². The van der Waals surface area contributed by atoms with E-state index in [1.54, 1.807) is 12.1 Å². The van der Waals surface area contributed by atoms with Gasteiger partial charge < -0.3 is 10.5 Å². The molecule has 1 aromatic carbocycles. The van der Waals surface area contributed by atoms with Gasteiger partial charge in [-0.05, 0) is 38.5 Å². The molecule has 20 heavy (non-hydrogen) atoms. The van der Waals surface area contributed by atoms with E-state index in [4.69, 9.17) is 22.1 Å². The summed E-state index contributed by atoms with van der Waals surface area (Å²) in [7, 11) is 0. The van der Waals surface area contributed by atoms with Crippen molar-refractivity contribution in [2.75, 3.05) is 11.9 Å². The van der Waals surface area contributed by atoms with Gasteiger partial charge in [-0.2, -0.15) is 0 Å². The minimum absolute atomic E-state index is 0.207. The van der Waals surface area contributed by atoms with Crippen molar-refractivity contribution in [3.63, 3.8) is 0 Å². The summed E-state index contributed by atoms with van der Waals surface area (Å²) in [4.78, 5) is 11.7. The summed E-state index contributed by atoms with van der Waals surface area (Å²) in [5, 5.41) is 3.24. The van der Waals surface area contributed by atoms with Gasteiger partial charge in [0, 0.05) is 22.7 Å². The molecule has 0 aromatic heterocycles. The number of benzene rings is 1. The molecule has 0 unspecified atom stereocenters. The molecule has 0 saturated heterocycles. The molecular weight excluding hydrogens is 276 g/mol. The van der Waals surface area contributed by atoms with E-state index in [9.17, 15) is 4.79 Å². The second-order valence-electron chi connectivity index (χ2n) is 6.41. The Balaban J connectivity index is 2.86. The number of carbonyl (C=O) groups excluding carboxylic acids is 1. The topological polar surface area (TPSA) is 64.3 Å². The molecule has 0 atom stereocenters. The van der Waals surface area contributed by atoms with Gasteiger partial charge in [-0.3, -0.25) is 5.32 Å². The predicted octanol–water partition coefficient (Wildman–Crippen LogP) is 3.92. The minimum Gasteiger partial charge on any atom is -0.444 e. The second kappa shape index (κ2) is 6.02. The van der Waals surface area contributed by atoms with Gasteiger partial charge in [-0.15, -0.1) is 0 Å². The molecule has 0 radical (unpaired) electrons. The van der Waals surface area contributed by atoms with E-state index < -0.39 is 11.7 Å². The van der Waals surface area contributed by atoms with E-state index >= 15 is 0 Å². The maximum atomic E-state index is 11.7. The van der Waals surface area contributed by atoms with Crippen molar-refractivity contribution in [2.45, 2.75) is 45.6 Å². The fraction of sp³-hybridized carbons (Fsp3) is 0.533. The fourth-order valence-corrected chi connectivity index (χ4v) is 2.11. The number of amides is 1. The highest BCUT2D eigenvalue weighted by Crippen LogP contribution is 2.31. The van der Waals surface area contributed by atoms with Gasteiger partial charge in [0.2, 0.25) is 0 Å². The highest BCUT2D eigenvalue weighted by Gasteiger charge is 2.22. The van der Waals surface area contributed by atoms with Crippen molar-refractivity contribution in [1.29, 1.82) is 0 Å². The number of nitrogens with two attached hydrogens (primary N) is 1. The molecule has 0 saturated carbocycles. The molecule has 0 heterocycles. The SMILES string of the molecule is CC(C)(C)OC(=O)Nc1ccc(C(C)(C)CN)c(Cl)c1. The normalized spacial score (nSPS) is 12.2. The smallest absolute Gasteiger partial charge is 0.412 e. The van der Waals surface area contributed by atoms with Crippen LogP contribution in [0.25, 0.3) is 0 Å². The number of anilines is 1. The Morgan fingerprint density at radius 2 is 1.90 bits per heavy atom. The lowest BCUT2D eigenvalue weighted by atomic mass is 9.85. The lowest BCUT2D eigenvalue weighted by molar-refractivity contribution is 0.0636. The Morgan fingerprint density at radius 1 is 1.30 bits per heavy atom. The summed E-state index contributed by atoms with van der Waals surface area (Å²) < 4.78 is 5.19. The average Bonchev–Trinajstić information content (AvgIpc) is 2.25. The molecule has 0 aliphatic rings. The van der Waals surface area contributed by atoms with Crippen LogP contribution in [0.4, 0.5) is 10.5 Å². The van der Waals surface area contributed by atoms with Crippen LogP contribution in [0.1, 0.15) is 40.2 Å². The molecule has 1 aromatic rings. The molecule has 0 spiro atoms. The molecule has 3 N–H and O–H groups in total. The fourth-order valence-electron chi connectivity index (χ4n) is 1.67. The molecule has 4 nitrogen and oxygen atoms in total. The summed E-state index contributed by atoms with van der Waals surface area (Å²) in [6.45, 7) is 9.97. The summed E-state index contributed by atoms with van der Waals surface area (Å²) in [6.07, 6.45) is -0.501. The van der Waals surface area contributed by atoms with E-state index in [1.807, 2.05) is 40.7 Å². The van der Waals surface area contributed by atoms with E-state index in [1.165, 1.54) is 0 Å². The molecule has 0 aliphatic heterocycles. The van der Waals surface area contributed by atoms with Gasteiger partial charge in [-0.25, -0.2) is 4.79 Å². The summed E-state index contributed by atoms with van der Waals surface area (Å²) in [5.41, 5.74) is 6.56. The Bertz CT molecular complexity index is 493. The highest BCUT2D eigenvalue weighted by molar-refractivity contribution is 6.31. The standard InChI is InChI=1S/C15H23ClN2O2/c1-14(2,3)20-13(19)18-10-6-7-11(12(16)8-10)15(4,5)9-17/h6-8H,9,17H2,1-5H3,(H,18,19). The number of halogens is 1. The molecule has 5 heteroatoms. The first-order valence-corrected chi connectivity index (χ1v) is 6.93. The van der Waals surface area contributed by atoms with E-state index in [2.05, 4.69) is 5.32 Å². The number of hydrogen-bond acceptors (Lipinski definition) is 3. The van der Waals surface area contributed by atoms with E-state index in [-0.39, 0.29) is 5.41 Å². The molecule has 0 bridgehead atoms. The predicted molar refractivity (Wildman–Crippen MR) is 83.4 cm³/mol. The summed E-state index contributed by atoms with van der Waals surface area (Å²) in [5.74, 6) is 0. The number of nitrogens with one attached hydrogen (secondary N) is 1. The van der Waals surface area contributed by atoms with Crippen LogP contribution in [0, 0.1) is 0 Å². The lowest BCUT2D eigenvalue weighted by Gasteiger charge is -2.25. The van der Waals surface area contributed by atoms with Gasteiger partial charge >= 0.3 is 6.09 Å². The average molecular weight is 299 g/mol. The van der Waals surface area contributed by atoms with Crippen LogP contribution in [0.5, 0.6) is 0 Å². The molecule has 0 aliphatic carbocycles. The van der Waals surface area contributed by atoms with Crippen LogP contribution < -0.4 is 11.1 Å². The maximum Gasteiger partial charge on any atom is 0.412 e. The second-order valence-corrected chi connectivity index (χ2v) is 6.82. The van der Waals surface area contributed by atoms with Crippen LogP contribution in [-0.4, -0.2) is 18.2 Å². The van der Waals surface area contributed by atoms with Crippen LogP contribution in [0.15, 0.2) is 18.2 Å². The van der Waals surface area contributed by atoms with Crippen molar-refractivity contribution in [3.8, 4) is 0 Å². The third kappa shape index (κ3) is 4.69. The first-order chi connectivity index (χ1) is 9.05. The number of carbonyl (C=O) groups is 1. The van der Waals surface area contributed by atoms with Crippen molar-refractivity contribution < 1.29 is 9.53 Å². The van der Waals surface area contributed by atoms with Crippen LogP contribution in [0.2, 0.25) is 5.02 Å². The maximum absolute atomic E-state index is 11.7. The monoisotopic (exact) mass is 298 g/mol. The van der Waals surface area contributed by atoms with E-state index in [0.717, 1.165) is 5.56 Å². The van der Waals surface area contributed by atoms with Gasteiger partial charge in [-0.1, -0.05) is 31.5 Å². The van der Waals surface area contributed by atoms with Gasteiger partial charge in [0.05, 0.1) is 0 Å². The Hall–Kier alpha value is -1.26. The lowest BCUT2D eigenvalue weighted by Crippen LogP contribution is -2.29. The first-order valence-electron chi connectivity index (χ1n) is 6.55. The Morgan fingerprint density at radius 3 is 2.35 bits per heavy atom. The zero-order valence-corrected chi connectivity index (χ0v) is 13.5. The van der Waals surface area contributed by atoms with Crippen molar-refractivity contribution in [2.24, 2.45) is 5.73 Å². The largest absolute Gasteiger partial charge is 0.444 e. The number of hydrogen-bond donors (Lipinski definition) is 2. The van der Waals surface area contributed by atoms with Crippen LogP contribution >= 0.6 is 11.6 Å². The quantitative estimate of drug-likeness (QED) is 0.889. The Labute approximate surface area is 125 Å². The van der Waals surface area contributed by atoms with Gasteiger partial charge in [0.15, 0.2) is 0 Å². The molecule has 1 amide bonds. The van der Waals surface area contributed by atoms with Crippen molar-refractivity contribution >= 4 is 23.4 Å². The third-order valence-electron chi connectivity index (χ3n) is 2.85. The number of rotatable bonds is 3. The third-order valence-corrected chi connectivity index (χ3v) is 3.17. The first kappa shape index (κ1) is 16.8. The summed E-state index contributed by atoms with van der Waals surface area (Å²) in [6, 6.07) is 5.38. The molecular formula is C15H23ClN2O2. The van der Waals surface area contributed by atoms with E-state index in [0.29, 0.717) is 17.3 Å². The van der Waals surface area contributed by atoms with Crippen LogP contribution in [0.3, 0.4) is 0 Å². The zero-order chi connectivity index (χ0) is 15.6. The van der Waals surface area contributed by atoms with Crippen molar-refractivity contribution in [3.05, 3.63) is 28.8 Å². The molecule has 1 rings (SSSR count).